The molecule has 0 bridgehead atoms. The Labute approximate surface area is 59.9 Å². The molecular formula is C8H12F2. The molecule has 0 nitrogen and oxygen atoms in total. The van der Waals surface area contributed by atoms with Gasteiger partial charge in [-0.1, -0.05) is 11.6 Å². The predicted octanol–water partition coefficient (Wildman–Crippen LogP) is 3.14. The van der Waals surface area contributed by atoms with Crippen LogP contribution in [-0.2, 0) is 0 Å². The van der Waals surface area contributed by atoms with Crippen LogP contribution in [0.4, 0.5) is 8.78 Å². The van der Waals surface area contributed by atoms with E-state index in [-0.39, 0.29) is 12.8 Å². The smallest absolute Gasteiger partial charge is 0.207 e. The monoisotopic (exact) mass is 146 g/mol. The minimum Gasteiger partial charge on any atom is -0.207 e. The van der Waals surface area contributed by atoms with Gasteiger partial charge in [-0.25, -0.2) is 8.78 Å². The summed E-state index contributed by atoms with van der Waals surface area (Å²) in [6.45, 7) is 1.92. The van der Waals surface area contributed by atoms with Gasteiger partial charge in [0, 0.05) is 12.8 Å². The first-order valence-electron chi connectivity index (χ1n) is 3.66. The minimum atomic E-state index is -2.38. The van der Waals surface area contributed by atoms with Crippen molar-refractivity contribution in [1.82, 2.24) is 0 Å². The van der Waals surface area contributed by atoms with Crippen LogP contribution >= 0.6 is 0 Å². The van der Waals surface area contributed by atoms with Crippen LogP contribution in [0.25, 0.3) is 0 Å². The van der Waals surface area contributed by atoms with E-state index in [2.05, 4.69) is 0 Å². The lowest BCUT2D eigenvalue weighted by Gasteiger charge is -2.22. The molecule has 1 saturated carbocycles. The number of hydrogen-bond acceptors (Lipinski definition) is 0. The van der Waals surface area contributed by atoms with E-state index in [1.54, 1.807) is 0 Å². The van der Waals surface area contributed by atoms with Crippen LogP contribution in [0.2, 0.25) is 0 Å². The van der Waals surface area contributed by atoms with Gasteiger partial charge in [0.05, 0.1) is 0 Å². The molecule has 2 heteroatoms. The lowest BCUT2D eigenvalue weighted by atomic mass is 9.92. The predicted molar refractivity (Wildman–Crippen MR) is 37.2 cm³/mol. The Kier molecular flexibility index (Phi) is 2.07. The first-order chi connectivity index (χ1) is 4.64. The van der Waals surface area contributed by atoms with Crippen molar-refractivity contribution in [2.24, 2.45) is 0 Å². The zero-order valence-electron chi connectivity index (χ0n) is 6.16. The second kappa shape index (κ2) is 2.69. The molecule has 0 heterocycles. The summed E-state index contributed by atoms with van der Waals surface area (Å²) < 4.78 is 25.0. The average Bonchev–Trinajstić information content (AvgIpc) is 1.88. The van der Waals surface area contributed by atoms with E-state index in [4.69, 9.17) is 0 Å². The van der Waals surface area contributed by atoms with Crippen molar-refractivity contribution < 1.29 is 8.78 Å². The van der Waals surface area contributed by atoms with Gasteiger partial charge in [-0.15, -0.1) is 0 Å². The third-order valence-electron chi connectivity index (χ3n) is 2.03. The van der Waals surface area contributed by atoms with Crippen molar-refractivity contribution in [3.8, 4) is 0 Å². The molecule has 1 fully saturated rings. The Morgan fingerprint density at radius 3 is 2.20 bits per heavy atom. The molecule has 0 aliphatic heterocycles. The second-order valence-electron chi connectivity index (χ2n) is 2.80. The molecule has 1 aliphatic rings. The maximum absolute atomic E-state index is 12.5. The highest BCUT2D eigenvalue weighted by molar-refractivity contribution is 5.05. The highest BCUT2D eigenvalue weighted by Crippen LogP contribution is 2.35. The molecule has 10 heavy (non-hydrogen) atoms. The summed E-state index contributed by atoms with van der Waals surface area (Å²) in [5.41, 5.74) is 1.19. The summed E-state index contributed by atoms with van der Waals surface area (Å²) in [6.07, 6.45) is 3.22. The Morgan fingerprint density at radius 1 is 1.30 bits per heavy atom. The van der Waals surface area contributed by atoms with E-state index in [9.17, 15) is 8.78 Å². The maximum atomic E-state index is 12.5. The topological polar surface area (TPSA) is 0 Å². The van der Waals surface area contributed by atoms with Crippen LogP contribution in [0.3, 0.4) is 0 Å². The van der Waals surface area contributed by atoms with E-state index in [1.807, 2.05) is 13.0 Å². The largest absolute Gasteiger partial charge is 0.248 e. The fourth-order valence-electron chi connectivity index (χ4n) is 1.23. The van der Waals surface area contributed by atoms with Gasteiger partial charge >= 0.3 is 0 Å². The number of halogens is 2. The Bertz CT molecular complexity index is 135. The van der Waals surface area contributed by atoms with Gasteiger partial charge < -0.3 is 0 Å². The Morgan fingerprint density at radius 2 is 1.80 bits per heavy atom. The summed E-state index contributed by atoms with van der Waals surface area (Å²) in [7, 11) is 0. The van der Waals surface area contributed by atoms with E-state index >= 15 is 0 Å². The van der Waals surface area contributed by atoms with Crippen molar-refractivity contribution in [3.05, 3.63) is 11.6 Å². The van der Waals surface area contributed by atoms with Gasteiger partial charge in [0.2, 0.25) is 5.92 Å². The normalized spacial score (nSPS) is 24.5. The van der Waals surface area contributed by atoms with Crippen LogP contribution in [0, 0.1) is 0 Å². The summed E-state index contributed by atoms with van der Waals surface area (Å²) in [5.74, 6) is -2.38. The van der Waals surface area contributed by atoms with Gasteiger partial charge in [-0.3, -0.25) is 0 Å². The lowest BCUT2D eigenvalue weighted by molar-refractivity contribution is -0.0246. The van der Waals surface area contributed by atoms with Gasteiger partial charge in [-0.05, 0) is 19.8 Å². The molecule has 0 amide bonds. The van der Waals surface area contributed by atoms with Crippen LogP contribution in [0.15, 0.2) is 11.6 Å². The molecule has 0 N–H and O–H groups in total. The molecule has 0 aromatic rings. The fraction of sp³-hybridized carbons (Fsp3) is 0.750. The van der Waals surface area contributed by atoms with Gasteiger partial charge in [0.1, 0.15) is 0 Å². The summed E-state index contributed by atoms with van der Waals surface area (Å²) >= 11 is 0. The molecule has 0 saturated heterocycles. The van der Waals surface area contributed by atoms with Crippen molar-refractivity contribution in [2.45, 2.75) is 38.5 Å². The number of allylic oxidation sites excluding steroid dienone is 2. The van der Waals surface area contributed by atoms with Crippen LogP contribution in [0.5, 0.6) is 0 Å². The molecule has 0 unspecified atom stereocenters. The first-order valence-corrected chi connectivity index (χ1v) is 3.66. The van der Waals surface area contributed by atoms with Crippen molar-refractivity contribution in [1.29, 1.82) is 0 Å². The maximum Gasteiger partial charge on any atom is 0.248 e. The third-order valence-corrected chi connectivity index (χ3v) is 2.03. The standard InChI is InChI=1S/C8H12F2/c1-2-7-3-5-8(9,10)6-4-7/h2H,3-6H2,1H3. The van der Waals surface area contributed by atoms with Gasteiger partial charge in [0.15, 0.2) is 0 Å². The fourth-order valence-corrected chi connectivity index (χ4v) is 1.23. The number of hydrogen-bond donors (Lipinski definition) is 0. The van der Waals surface area contributed by atoms with Crippen LogP contribution < -0.4 is 0 Å². The highest BCUT2D eigenvalue weighted by Gasteiger charge is 2.31. The molecule has 1 rings (SSSR count). The van der Waals surface area contributed by atoms with Gasteiger partial charge in [0.25, 0.3) is 0 Å². The molecule has 58 valence electrons. The van der Waals surface area contributed by atoms with E-state index in [1.165, 1.54) is 5.57 Å². The summed E-state index contributed by atoms with van der Waals surface area (Å²) in [5, 5.41) is 0. The molecule has 0 aromatic heterocycles. The van der Waals surface area contributed by atoms with E-state index < -0.39 is 5.92 Å². The molecule has 0 atom stereocenters. The Balaban J connectivity index is 2.46. The molecule has 1 aliphatic carbocycles. The second-order valence-corrected chi connectivity index (χ2v) is 2.80. The number of rotatable bonds is 0. The first kappa shape index (κ1) is 7.70. The van der Waals surface area contributed by atoms with E-state index in [0.29, 0.717) is 12.8 Å². The van der Waals surface area contributed by atoms with Gasteiger partial charge in [-0.2, -0.15) is 0 Å². The molecular weight excluding hydrogens is 134 g/mol. The van der Waals surface area contributed by atoms with E-state index in [0.717, 1.165) is 0 Å². The minimum absolute atomic E-state index is 0.0483. The van der Waals surface area contributed by atoms with Crippen LogP contribution in [0.1, 0.15) is 32.6 Å². The quantitative estimate of drug-likeness (QED) is 0.460. The summed E-state index contributed by atoms with van der Waals surface area (Å²) in [4.78, 5) is 0. The van der Waals surface area contributed by atoms with Crippen LogP contribution in [-0.4, -0.2) is 5.92 Å². The summed E-state index contributed by atoms with van der Waals surface area (Å²) in [6, 6.07) is 0. The molecule has 0 aromatic carbocycles. The van der Waals surface area contributed by atoms with Crippen molar-refractivity contribution in [3.63, 3.8) is 0 Å². The third kappa shape index (κ3) is 1.79. The molecule has 0 radical (unpaired) electrons. The highest BCUT2D eigenvalue weighted by atomic mass is 19.3. The Hall–Kier alpha value is -0.400. The zero-order chi connectivity index (χ0) is 7.61. The van der Waals surface area contributed by atoms with Crippen molar-refractivity contribution in [2.75, 3.05) is 0 Å². The molecule has 0 spiro atoms. The van der Waals surface area contributed by atoms with Crippen molar-refractivity contribution >= 4 is 0 Å². The number of alkyl halides is 2. The zero-order valence-corrected chi connectivity index (χ0v) is 6.16. The lowest BCUT2D eigenvalue weighted by Crippen LogP contribution is -2.20. The average molecular weight is 146 g/mol. The SMILES string of the molecule is CC=C1CCC(F)(F)CC1.